The van der Waals surface area contributed by atoms with Gasteiger partial charge in [0, 0.05) is 12.8 Å². The van der Waals surface area contributed by atoms with Gasteiger partial charge >= 0.3 is 5.97 Å². The van der Waals surface area contributed by atoms with E-state index in [-0.39, 0.29) is 11.9 Å². The van der Waals surface area contributed by atoms with Crippen molar-refractivity contribution in [3.63, 3.8) is 0 Å². The van der Waals surface area contributed by atoms with E-state index in [2.05, 4.69) is 73.3 Å². The van der Waals surface area contributed by atoms with Crippen LogP contribution in [0.5, 0.6) is 0 Å². The van der Waals surface area contributed by atoms with Crippen LogP contribution in [0.4, 0.5) is 0 Å². The molecular weight excluding hydrogens is 607 g/mol. The number of benzene rings is 5. The summed E-state index contributed by atoms with van der Waals surface area (Å²) in [5.41, 5.74) is 4.95. The van der Waals surface area contributed by atoms with Crippen LogP contribution >= 0.6 is 7.92 Å². The number of esters is 1. The Morgan fingerprint density at radius 1 is 0.750 bits per heavy atom. The third kappa shape index (κ3) is 7.88. The molecule has 6 rings (SSSR count). The second kappa shape index (κ2) is 16.1. The number of hydrogen-bond donors (Lipinski definition) is 0. The highest BCUT2D eigenvalue weighted by Crippen LogP contribution is 2.39. The van der Waals surface area contributed by atoms with Crippen LogP contribution in [0.25, 0.3) is 11.1 Å². The largest absolute Gasteiger partial charge is 0.461 e. The molecule has 0 aromatic heterocycles. The van der Waals surface area contributed by atoms with E-state index in [1.54, 1.807) is 0 Å². The Morgan fingerprint density at radius 3 is 1.94 bits per heavy atom. The maximum absolute atomic E-state index is 14.2. The Kier molecular flexibility index (Phi) is 11.0. The zero-order chi connectivity index (χ0) is 33.1. The van der Waals surface area contributed by atoms with E-state index in [9.17, 15) is 9.59 Å². The molecule has 0 bridgehead atoms. The van der Waals surface area contributed by atoms with E-state index < -0.39 is 19.9 Å². The maximum atomic E-state index is 14.2. The van der Waals surface area contributed by atoms with Crippen molar-refractivity contribution in [3.8, 4) is 0 Å². The van der Waals surface area contributed by atoms with Crippen molar-refractivity contribution >= 4 is 47.2 Å². The summed E-state index contributed by atoms with van der Waals surface area (Å²) >= 11 is 0. The first-order valence-corrected chi connectivity index (χ1v) is 17.8. The van der Waals surface area contributed by atoms with Gasteiger partial charge in [-0.3, -0.25) is 4.79 Å². The third-order valence-electron chi connectivity index (χ3n) is 8.79. The Hall–Kier alpha value is -5.11. The molecule has 1 aliphatic rings. The minimum Gasteiger partial charge on any atom is -0.461 e. The average molecular weight is 647 g/mol. The summed E-state index contributed by atoms with van der Waals surface area (Å²) in [6.07, 6.45) is 7.76. The Bertz CT molecular complexity index is 1840. The summed E-state index contributed by atoms with van der Waals surface area (Å²) in [6.45, 7) is 4.36. The first-order chi connectivity index (χ1) is 23.6. The van der Waals surface area contributed by atoms with Gasteiger partial charge in [0.15, 0.2) is 0 Å². The predicted octanol–water partition coefficient (Wildman–Crippen LogP) is 8.79. The lowest BCUT2D eigenvalue weighted by Gasteiger charge is -2.27. The number of allylic oxidation sites excluding steroid dienone is 2. The quantitative estimate of drug-likeness (QED) is 0.0688. The van der Waals surface area contributed by atoms with Crippen LogP contribution in [0.1, 0.15) is 41.9 Å². The standard InChI is InChI=1S/C44H39O3P/c1-33(34-17-6-2-7-18-34)31-37(32-36(29-30-45)35-19-8-3-9-20-35)47-44(46)42-27-16-26-40(42)41-25-14-15-28-43(41)48(38-21-10-4-11-22-38)39-23-12-5-13-24-39/h2-28,30,36-37,42H,1,29,31-32H2/t36-,37+,42?/m0/s1. The molecule has 5 aromatic carbocycles. The van der Waals surface area contributed by atoms with Gasteiger partial charge in [0.2, 0.25) is 0 Å². The highest BCUT2D eigenvalue weighted by molar-refractivity contribution is 7.80. The van der Waals surface area contributed by atoms with Crippen LogP contribution < -0.4 is 15.9 Å². The monoisotopic (exact) mass is 646 g/mol. The highest BCUT2D eigenvalue weighted by atomic mass is 31.1. The van der Waals surface area contributed by atoms with Crippen LogP contribution in [0.2, 0.25) is 0 Å². The third-order valence-corrected chi connectivity index (χ3v) is 11.3. The molecule has 0 heterocycles. The van der Waals surface area contributed by atoms with Gasteiger partial charge in [-0.1, -0.05) is 170 Å². The van der Waals surface area contributed by atoms with Crippen LogP contribution in [0.3, 0.4) is 0 Å². The predicted molar refractivity (Wildman–Crippen MR) is 200 cm³/mol. The minimum absolute atomic E-state index is 0.0831. The molecule has 0 saturated heterocycles. The van der Waals surface area contributed by atoms with Crippen LogP contribution in [-0.2, 0) is 14.3 Å². The van der Waals surface area contributed by atoms with Crippen molar-refractivity contribution < 1.29 is 14.3 Å². The SMILES string of the molecule is C=C(C[C@H](C[C@H](CC=O)c1ccccc1)OC(=O)C1C=CC=C1c1ccccc1P(c1ccccc1)c1ccccc1)c1ccccc1. The van der Waals surface area contributed by atoms with Gasteiger partial charge in [-0.05, 0) is 64.0 Å². The van der Waals surface area contributed by atoms with Crippen molar-refractivity contribution in [2.45, 2.75) is 31.3 Å². The summed E-state index contributed by atoms with van der Waals surface area (Å²) in [7, 11) is -0.883. The van der Waals surface area contributed by atoms with Crippen molar-refractivity contribution in [2.75, 3.05) is 0 Å². The number of aldehydes is 1. The Morgan fingerprint density at radius 2 is 1.31 bits per heavy atom. The minimum atomic E-state index is -0.883. The van der Waals surface area contributed by atoms with Crippen LogP contribution in [-0.4, -0.2) is 18.4 Å². The summed E-state index contributed by atoms with van der Waals surface area (Å²) < 4.78 is 6.44. The molecule has 0 radical (unpaired) electrons. The molecule has 238 valence electrons. The molecule has 0 fully saturated rings. The number of carbonyl (C=O) groups is 2. The van der Waals surface area contributed by atoms with Gasteiger partial charge in [0.05, 0.1) is 0 Å². The lowest BCUT2D eigenvalue weighted by molar-refractivity contribution is -0.150. The summed E-state index contributed by atoms with van der Waals surface area (Å²) in [5, 5.41) is 3.69. The Labute approximate surface area is 285 Å². The van der Waals surface area contributed by atoms with Gasteiger partial charge in [0.1, 0.15) is 18.3 Å². The molecule has 0 N–H and O–H groups in total. The van der Waals surface area contributed by atoms with Crippen molar-refractivity contribution in [1.29, 1.82) is 0 Å². The lowest BCUT2D eigenvalue weighted by atomic mass is 9.88. The fraction of sp³-hybridized carbons (Fsp3) is 0.136. The molecule has 1 aliphatic carbocycles. The van der Waals surface area contributed by atoms with E-state index in [0.717, 1.165) is 34.1 Å². The zero-order valence-electron chi connectivity index (χ0n) is 26.9. The Balaban J connectivity index is 1.30. The van der Waals surface area contributed by atoms with E-state index >= 15 is 0 Å². The molecule has 1 unspecified atom stereocenters. The molecule has 3 atom stereocenters. The van der Waals surface area contributed by atoms with Gasteiger partial charge in [-0.25, -0.2) is 0 Å². The van der Waals surface area contributed by atoms with E-state index in [1.165, 1.54) is 15.9 Å². The average Bonchev–Trinajstić information content (AvgIpc) is 3.64. The molecule has 0 saturated carbocycles. The first-order valence-electron chi connectivity index (χ1n) is 16.4. The number of rotatable bonds is 14. The molecule has 0 amide bonds. The fourth-order valence-electron chi connectivity index (χ4n) is 6.44. The van der Waals surface area contributed by atoms with E-state index in [4.69, 9.17) is 4.74 Å². The van der Waals surface area contributed by atoms with Gasteiger partial charge in [-0.15, -0.1) is 0 Å². The molecule has 0 spiro atoms. The van der Waals surface area contributed by atoms with Crippen molar-refractivity contribution in [1.82, 2.24) is 0 Å². The summed E-state index contributed by atoms with van der Waals surface area (Å²) in [5.74, 6) is -0.930. The highest BCUT2D eigenvalue weighted by Gasteiger charge is 2.32. The van der Waals surface area contributed by atoms with Gasteiger partial charge in [0.25, 0.3) is 0 Å². The molecule has 0 aliphatic heterocycles. The maximum Gasteiger partial charge on any atom is 0.317 e. The lowest BCUT2D eigenvalue weighted by Crippen LogP contribution is -2.28. The molecule has 5 aromatic rings. The summed E-state index contributed by atoms with van der Waals surface area (Å²) in [4.78, 5) is 26.0. The normalized spacial score (nSPS) is 15.0. The van der Waals surface area contributed by atoms with Crippen molar-refractivity contribution in [2.24, 2.45) is 5.92 Å². The van der Waals surface area contributed by atoms with Gasteiger partial charge in [-0.2, -0.15) is 0 Å². The second-order valence-electron chi connectivity index (χ2n) is 12.0. The zero-order valence-corrected chi connectivity index (χ0v) is 27.8. The number of hydrogen-bond acceptors (Lipinski definition) is 3. The van der Waals surface area contributed by atoms with Gasteiger partial charge < -0.3 is 9.53 Å². The molecular formula is C44H39O3P. The smallest absolute Gasteiger partial charge is 0.317 e. The molecule has 3 nitrogen and oxygen atoms in total. The number of carbonyl (C=O) groups excluding carboxylic acids is 2. The molecule has 48 heavy (non-hydrogen) atoms. The topological polar surface area (TPSA) is 43.4 Å². The van der Waals surface area contributed by atoms with Crippen LogP contribution in [0.15, 0.2) is 170 Å². The fourth-order valence-corrected chi connectivity index (χ4v) is 8.91. The van der Waals surface area contributed by atoms with Crippen molar-refractivity contribution in [3.05, 3.63) is 187 Å². The first kappa shape index (κ1) is 32.8. The van der Waals surface area contributed by atoms with Crippen LogP contribution in [0, 0.1) is 5.92 Å². The molecule has 4 heteroatoms. The van der Waals surface area contributed by atoms with E-state index in [1.807, 2.05) is 97.1 Å². The second-order valence-corrected chi connectivity index (χ2v) is 14.2. The number of ether oxygens (including phenoxy) is 1. The van der Waals surface area contributed by atoms with E-state index in [0.29, 0.717) is 19.3 Å². The summed E-state index contributed by atoms with van der Waals surface area (Å²) in [6, 6.07) is 49.6.